The van der Waals surface area contributed by atoms with Gasteiger partial charge in [0.15, 0.2) is 6.73 Å². The highest BCUT2D eigenvalue weighted by molar-refractivity contribution is 9.10. The van der Waals surface area contributed by atoms with Crippen LogP contribution in [0.2, 0.25) is 5.02 Å². The number of carbonyl (C=O) groups is 1. The van der Waals surface area contributed by atoms with Crippen LogP contribution in [0, 0.1) is 6.92 Å². The summed E-state index contributed by atoms with van der Waals surface area (Å²) in [5, 5.41) is 7.77. The third kappa shape index (κ3) is 6.37. The van der Waals surface area contributed by atoms with Gasteiger partial charge in [-0.15, -0.1) is 0 Å². The lowest BCUT2D eigenvalue weighted by Crippen LogP contribution is -2.11. The molecular weight excluding hydrogens is 506 g/mol. The molecule has 33 heavy (non-hydrogen) atoms. The number of anilines is 1. The molecule has 0 saturated carbocycles. The Hall–Kier alpha value is -3.29. The van der Waals surface area contributed by atoms with Crippen LogP contribution >= 0.6 is 27.5 Å². The molecule has 0 unspecified atom stereocenters. The van der Waals surface area contributed by atoms with E-state index < -0.39 is 0 Å². The molecule has 0 fully saturated rings. The van der Waals surface area contributed by atoms with Gasteiger partial charge in [-0.3, -0.25) is 4.79 Å². The fourth-order valence-electron chi connectivity index (χ4n) is 3.00. The molecule has 1 heterocycles. The number of nitrogens with zero attached hydrogens (tertiary/aromatic N) is 2. The summed E-state index contributed by atoms with van der Waals surface area (Å²) in [5.41, 5.74) is 3.05. The number of aromatic nitrogens is 2. The Morgan fingerprint density at radius 3 is 2.48 bits per heavy atom. The molecule has 1 amide bonds. The summed E-state index contributed by atoms with van der Waals surface area (Å²) >= 11 is 9.43. The monoisotopic (exact) mass is 525 g/mol. The van der Waals surface area contributed by atoms with Gasteiger partial charge in [0, 0.05) is 15.1 Å². The molecule has 0 saturated heterocycles. The maximum atomic E-state index is 12.6. The molecule has 8 heteroatoms. The van der Waals surface area contributed by atoms with E-state index in [1.165, 1.54) is 0 Å². The van der Waals surface area contributed by atoms with Crippen LogP contribution in [0.5, 0.6) is 11.5 Å². The van der Waals surface area contributed by atoms with Gasteiger partial charge in [0.2, 0.25) is 0 Å². The van der Waals surface area contributed by atoms with Gasteiger partial charge in [0.1, 0.15) is 18.1 Å². The van der Waals surface area contributed by atoms with E-state index in [-0.39, 0.29) is 12.6 Å². The molecule has 4 aromatic rings. The van der Waals surface area contributed by atoms with Crippen molar-refractivity contribution < 1.29 is 14.3 Å². The smallest absolute Gasteiger partial charge is 0.255 e. The highest BCUT2D eigenvalue weighted by Crippen LogP contribution is 2.22. The van der Waals surface area contributed by atoms with Gasteiger partial charge in [-0.05, 0) is 72.6 Å². The lowest BCUT2D eigenvalue weighted by atomic mass is 10.1. The molecule has 0 aliphatic rings. The first-order valence-corrected chi connectivity index (χ1v) is 11.3. The second-order valence-corrected chi connectivity index (χ2v) is 8.67. The normalized spacial score (nSPS) is 10.6. The summed E-state index contributed by atoms with van der Waals surface area (Å²) in [5.74, 6) is 1.26. The average molecular weight is 527 g/mol. The molecule has 4 rings (SSSR count). The molecule has 0 aliphatic carbocycles. The number of benzene rings is 3. The number of amides is 1. The molecule has 168 valence electrons. The van der Waals surface area contributed by atoms with E-state index in [0.29, 0.717) is 22.9 Å². The van der Waals surface area contributed by atoms with Crippen LogP contribution < -0.4 is 14.8 Å². The molecule has 1 aromatic heterocycles. The van der Waals surface area contributed by atoms with Crippen molar-refractivity contribution in [1.82, 2.24) is 9.78 Å². The summed E-state index contributed by atoms with van der Waals surface area (Å²) in [6.07, 6.45) is 3.30. The van der Waals surface area contributed by atoms with Crippen molar-refractivity contribution in [3.8, 4) is 11.5 Å². The van der Waals surface area contributed by atoms with Crippen molar-refractivity contribution in [2.24, 2.45) is 0 Å². The van der Waals surface area contributed by atoms with E-state index in [2.05, 4.69) is 26.3 Å². The van der Waals surface area contributed by atoms with Gasteiger partial charge >= 0.3 is 0 Å². The molecule has 0 atom stereocenters. The maximum absolute atomic E-state index is 12.6. The zero-order chi connectivity index (χ0) is 23.2. The highest BCUT2D eigenvalue weighted by Gasteiger charge is 2.08. The van der Waals surface area contributed by atoms with E-state index >= 15 is 0 Å². The third-order valence-corrected chi connectivity index (χ3v) is 5.77. The molecule has 6 nitrogen and oxygen atoms in total. The minimum atomic E-state index is -0.218. The topological polar surface area (TPSA) is 65.4 Å². The maximum Gasteiger partial charge on any atom is 0.255 e. The van der Waals surface area contributed by atoms with Crippen molar-refractivity contribution in [3.63, 3.8) is 0 Å². The predicted molar refractivity (Wildman–Crippen MR) is 132 cm³/mol. The Morgan fingerprint density at radius 2 is 1.76 bits per heavy atom. The molecular formula is C25H21BrClN3O3. The number of aryl methyl sites for hydroxylation is 1. The Kier molecular flexibility index (Phi) is 7.32. The molecule has 0 aliphatic heterocycles. The molecule has 1 N–H and O–H groups in total. The predicted octanol–water partition coefficient (Wildman–Crippen LogP) is 6.48. The zero-order valence-corrected chi connectivity index (χ0v) is 20.1. The fourth-order valence-corrected chi connectivity index (χ4v) is 3.38. The van der Waals surface area contributed by atoms with Gasteiger partial charge in [-0.2, -0.15) is 5.10 Å². The number of halogens is 2. The number of ether oxygens (including phenoxy) is 2. The Labute approximate surface area is 205 Å². The molecule has 3 aromatic carbocycles. The van der Waals surface area contributed by atoms with Gasteiger partial charge in [-0.25, -0.2) is 4.68 Å². The van der Waals surface area contributed by atoms with Crippen molar-refractivity contribution in [2.75, 3.05) is 5.32 Å². The molecule has 0 spiro atoms. The van der Waals surface area contributed by atoms with Crippen LogP contribution in [0.3, 0.4) is 0 Å². The van der Waals surface area contributed by atoms with Crippen molar-refractivity contribution >= 4 is 39.1 Å². The van der Waals surface area contributed by atoms with Crippen LogP contribution in [0.25, 0.3) is 0 Å². The minimum Gasteiger partial charge on any atom is -0.489 e. The number of hydrogen-bond acceptors (Lipinski definition) is 4. The van der Waals surface area contributed by atoms with Crippen molar-refractivity contribution in [1.29, 1.82) is 0 Å². The van der Waals surface area contributed by atoms with E-state index in [4.69, 9.17) is 21.1 Å². The van der Waals surface area contributed by atoms with Gasteiger partial charge in [0.25, 0.3) is 5.91 Å². The number of rotatable bonds is 8. The lowest BCUT2D eigenvalue weighted by Gasteiger charge is -2.09. The van der Waals surface area contributed by atoms with Crippen molar-refractivity contribution in [2.45, 2.75) is 20.3 Å². The van der Waals surface area contributed by atoms with E-state index in [1.807, 2.05) is 61.5 Å². The molecule has 0 bridgehead atoms. The first kappa shape index (κ1) is 22.9. The van der Waals surface area contributed by atoms with Crippen LogP contribution in [-0.4, -0.2) is 15.7 Å². The summed E-state index contributed by atoms with van der Waals surface area (Å²) in [4.78, 5) is 12.6. The van der Waals surface area contributed by atoms with Crippen LogP contribution in [0.15, 0.2) is 83.6 Å². The van der Waals surface area contributed by atoms with Gasteiger partial charge in [0.05, 0.1) is 18.1 Å². The Balaban J connectivity index is 1.28. The average Bonchev–Trinajstić information content (AvgIpc) is 3.27. The number of nitrogens with one attached hydrogen (secondary N) is 1. The van der Waals surface area contributed by atoms with Crippen molar-refractivity contribution in [3.05, 3.63) is 105 Å². The summed E-state index contributed by atoms with van der Waals surface area (Å²) in [6, 6.07) is 20.3. The molecule has 0 radical (unpaired) electrons. The fraction of sp³-hybridized carbons (Fsp3) is 0.120. The SMILES string of the molecule is Cc1cc(OCc2ccc(C(=O)Nc3cnn(COc4ccc(Br)cc4)c3)cc2)ccc1Cl. The lowest BCUT2D eigenvalue weighted by molar-refractivity contribution is 0.102. The largest absolute Gasteiger partial charge is 0.489 e. The first-order valence-electron chi connectivity index (χ1n) is 10.2. The number of hydrogen-bond donors (Lipinski definition) is 1. The minimum absolute atomic E-state index is 0.218. The zero-order valence-electron chi connectivity index (χ0n) is 17.8. The van der Waals surface area contributed by atoms with Crippen LogP contribution in [-0.2, 0) is 13.3 Å². The first-order chi connectivity index (χ1) is 16.0. The highest BCUT2D eigenvalue weighted by atomic mass is 79.9. The number of carbonyl (C=O) groups excluding carboxylic acids is 1. The van der Waals surface area contributed by atoms with E-state index in [9.17, 15) is 4.79 Å². The Bertz CT molecular complexity index is 1240. The van der Waals surface area contributed by atoms with E-state index in [0.717, 1.165) is 27.1 Å². The Morgan fingerprint density at radius 1 is 1.03 bits per heavy atom. The third-order valence-electron chi connectivity index (χ3n) is 4.82. The summed E-state index contributed by atoms with van der Waals surface area (Å²) in [6.45, 7) is 2.56. The summed E-state index contributed by atoms with van der Waals surface area (Å²) in [7, 11) is 0. The van der Waals surface area contributed by atoms with Crippen LogP contribution in [0.1, 0.15) is 21.5 Å². The summed E-state index contributed by atoms with van der Waals surface area (Å²) < 4.78 is 14.1. The van der Waals surface area contributed by atoms with Gasteiger partial charge in [-0.1, -0.05) is 39.7 Å². The van der Waals surface area contributed by atoms with Crippen LogP contribution in [0.4, 0.5) is 5.69 Å². The second-order valence-electron chi connectivity index (χ2n) is 7.35. The van der Waals surface area contributed by atoms with Gasteiger partial charge < -0.3 is 14.8 Å². The standard InChI is InChI=1S/C25H21BrClN3O3/c1-17-12-23(10-11-24(17)27)32-15-18-2-4-19(5-3-18)25(31)29-21-13-28-30(14-21)16-33-22-8-6-20(26)7-9-22/h2-14H,15-16H2,1H3,(H,29,31). The second kappa shape index (κ2) is 10.6. The van der Waals surface area contributed by atoms with E-state index in [1.54, 1.807) is 29.2 Å². The quantitative estimate of drug-likeness (QED) is 0.286.